The zero-order valence-corrected chi connectivity index (χ0v) is 12.4. The monoisotopic (exact) mass is 249 g/mol. The minimum Gasteiger partial charge on any atom is -0.378 e. The van der Waals surface area contributed by atoms with E-state index < -0.39 is 0 Å². The first-order chi connectivity index (χ1) is 8.52. The third-order valence-corrected chi connectivity index (χ3v) is 3.23. The zero-order chi connectivity index (χ0) is 13.5. The Bertz CT molecular complexity index is 332. The molecule has 1 rings (SSSR count). The molecule has 0 radical (unpaired) electrons. The molecule has 0 aliphatic rings. The molecule has 0 fully saturated rings. The van der Waals surface area contributed by atoms with Gasteiger partial charge in [0.05, 0.1) is 0 Å². The molecule has 102 valence electrons. The van der Waals surface area contributed by atoms with Gasteiger partial charge in [0.15, 0.2) is 0 Å². The van der Waals surface area contributed by atoms with Crippen molar-refractivity contribution in [1.82, 2.24) is 10.2 Å². The molecule has 1 unspecified atom stereocenters. The molecule has 3 nitrogen and oxygen atoms in total. The summed E-state index contributed by atoms with van der Waals surface area (Å²) in [6.45, 7) is 7.55. The molecule has 3 heteroatoms. The highest BCUT2D eigenvalue weighted by Gasteiger charge is 2.04. The van der Waals surface area contributed by atoms with Crippen LogP contribution in [0.5, 0.6) is 0 Å². The normalized spacial score (nSPS) is 12.8. The maximum Gasteiger partial charge on any atom is 0.0361 e. The predicted molar refractivity (Wildman–Crippen MR) is 80.2 cm³/mol. The molecule has 0 saturated heterocycles. The van der Waals surface area contributed by atoms with E-state index in [1.165, 1.54) is 11.3 Å². The summed E-state index contributed by atoms with van der Waals surface area (Å²) in [6.07, 6.45) is 0. The van der Waals surface area contributed by atoms with Crippen molar-refractivity contribution in [3.63, 3.8) is 0 Å². The van der Waals surface area contributed by atoms with E-state index >= 15 is 0 Å². The van der Waals surface area contributed by atoms with Gasteiger partial charge in [0.2, 0.25) is 0 Å². The summed E-state index contributed by atoms with van der Waals surface area (Å²) in [5.74, 6) is 0. The van der Waals surface area contributed by atoms with Gasteiger partial charge >= 0.3 is 0 Å². The van der Waals surface area contributed by atoms with Gasteiger partial charge in [-0.1, -0.05) is 19.1 Å². The number of anilines is 1. The van der Waals surface area contributed by atoms with Gasteiger partial charge < -0.3 is 15.1 Å². The Morgan fingerprint density at radius 3 is 2.22 bits per heavy atom. The van der Waals surface area contributed by atoms with Gasteiger partial charge in [-0.15, -0.1) is 0 Å². The summed E-state index contributed by atoms with van der Waals surface area (Å²) in [5.41, 5.74) is 2.59. The molecular weight excluding hydrogens is 222 g/mol. The summed E-state index contributed by atoms with van der Waals surface area (Å²) in [4.78, 5) is 4.45. The molecule has 0 saturated carbocycles. The molecule has 1 aromatic rings. The molecule has 1 aromatic carbocycles. The standard InChI is InChI=1S/C15H27N3/c1-6-18(5)12-13(2)16-11-14-7-9-15(10-8-14)17(3)4/h7-10,13,16H,6,11-12H2,1-5H3. The lowest BCUT2D eigenvalue weighted by Gasteiger charge is -2.21. The Hall–Kier alpha value is -1.06. The second-order valence-corrected chi connectivity index (χ2v) is 5.20. The molecular formula is C15H27N3. The Labute approximate surface area is 112 Å². The summed E-state index contributed by atoms with van der Waals surface area (Å²) >= 11 is 0. The van der Waals surface area contributed by atoms with E-state index in [0.29, 0.717) is 6.04 Å². The average molecular weight is 249 g/mol. The van der Waals surface area contributed by atoms with Crippen molar-refractivity contribution in [3.05, 3.63) is 29.8 Å². The second kappa shape index (κ2) is 7.39. The van der Waals surface area contributed by atoms with E-state index in [0.717, 1.165) is 19.6 Å². The van der Waals surface area contributed by atoms with Gasteiger partial charge in [-0.2, -0.15) is 0 Å². The van der Waals surface area contributed by atoms with Crippen molar-refractivity contribution in [3.8, 4) is 0 Å². The first-order valence-electron chi connectivity index (χ1n) is 6.71. The van der Waals surface area contributed by atoms with Gasteiger partial charge in [-0.3, -0.25) is 0 Å². The number of hydrogen-bond donors (Lipinski definition) is 1. The molecule has 0 heterocycles. The lowest BCUT2D eigenvalue weighted by atomic mass is 10.2. The van der Waals surface area contributed by atoms with Crippen LogP contribution in [0.2, 0.25) is 0 Å². The smallest absolute Gasteiger partial charge is 0.0361 e. The van der Waals surface area contributed by atoms with Crippen LogP contribution < -0.4 is 10.2 Å². The number of likely N-dealkylation sites (N-methyl/N-ethyl adjacent to an activating group) is 1. The minimum absolute atomic E-state index is 0.517. The molecule has 0 aliphatic heterocycles. The molecule has 1 N–H and O–H groups in total. The van der Waals surface area contributed by atoms with Crippen LogP contribution in [0.4, 0.5) is 5.69 Å². The van der Waals surface area contributed by atoms with Crippen LogP contribution in [0.25, 0.3) is 0 Å². The highest BCUT2D eigenvalue weighted by Crippen LogP contribution is 2.12. The molecule has 0 spiro atoms. The molecule has 0 bridgehead atoms. The SMILES string of the molecule is CCN(C)CC(C)NCc1ccc(N(C)C)cc1. The Balaban J connectivity index is 2.39. The fourth-order valence-corrected chi connectivity index (χ4v) is 1.87. The van der Waals surface area contributed by atoms with Crippen LogP contribution in [0.1, 0.15) is 19.4 Å². The Morgan fingerprint density at radius 1 is 1.11 bits per heavy atom. The minimum atomic E-state index is 0.517. The number of nitrogens with one attached hydrogen (secondary N) is 1. The third kappa shape index (κ3) is 5.07. The topological polar surface area (TPSA) is 18.5 Å². The molecule has 0 aliphatic carbocycles. The van der Waals surface area contributed by atoms with Crippen molar-refractivity contribution < 1.29 is 0 Å². The van der Waals surface area contributed by atoms with Crippen molar-refractivity contribution >= 4 is 5.69 Å². The molecule has 0 aromatic heterocycles. The van der Waals surface area contributed by atoms with E-state index in [1.807, 2.05) is 0 Å². The fourth-order valence-electron chi connectivity index (χ4n) is 1.87. The summed E-state index contributed by atoms with van der Waals surface area (Å²) in [7, 11) is 6.29. The van der Waals surface area contributed by atoms with Crippen LogP contribution in [0.15, 0.2) is 24.3 Å². The largest absolute Gasteiger partial charge is 0.378 e. The summed E-state index contributed by atoms with van der Waals surface area (Å²) < 4.78 is 0. The number of hydrogen-bond acceptors (Lipinski definition) is 3. The van der Waals surface area contributed by atoms with E-state index in [1.54, 1.807) is 0 Å². The number of rotatable bonds is 7. The maximum absolute atomic E-state index is 3.56. The van der Waals surface area contributed by atoms with Crippen molar-refractivity contribution in [2.75, 3.05) is 39.1 Å². The van der Waals surface area contributed by atoms with Crippen molar-refractivity contribution in [1.29, 1.82) is 0 Å². The predicted octanol–water partition coefficient (Wildman–Crippen LogP) is 2.18. The van der Waals surface area contributed by atoms with Gasteiger partial charge in [-0.25, -0.2) is 0 Å². The molecule has 18 heavy (non-hydrogen) atoms. The Morgan fingerprint density at radius 2 is 1.72 bits per heavy atom. The van der Waals surface area contributed by atoms with Gasteiger partial charge in [0.1, 0.15) is 0 Å². The van der Waals surface area contributed by atoms with Crippen LogP contribution in [-0.4, -0.2) is 45.2 Å². The van der Waals surface area contributed by atoms with E-state index in [4.69, 9.17) is 0 Å². The first kappa shape index (κ1) is 15.0. The van der Waals surface area contributed by atoms with Crippen molar-refractivity contribution in [2.24, 2.45) is 0 Å². The first-order valence-corrected chi connectivity index (χ1v) is 6.71. The van der Waals surface area contributed by atoms with Crippen molar-refractivity contribution in [2.45, 2.75) is 26.4 Å². The molecule has 1 atom stereocenters. The highest BCUT2D eigenvalue weighted by atomic mass is 15.1. The van der Waals surface area contributed by atoms with Crippen LogP contribution >= 0.6 is 0 Å². The Kier molecular flexibility index (Phi) is 6.16. The van der Waals surface area contributed by atoms with Gasteiger partial charge in [0.25, 0.3) is 0 Å². The lowest BCUT2D eigenvalue weighted by molar-refractivity contribution is 0.309. The van der Waals surface area contributed by atoms with Crippen LogP contribution in [0.3, 0.4) is 0 Å². The van der Waals surface area contributed by atoms with Gasteiger partial charge in [0, 0.05) is 38.9 Å². The number of nitrogens with zero attached hydrogens (tertiary/aromatic N) is 2. The lowest BCUT2D eigenvalue weighted by Crippen LogP contribution is -2.36. The van der Waals surface area contributed by atoms with E-state index in [9.17, 15) is 0 Å². The van der Waals surface area contributed by atoms with Crippen LogP contribution in [-0.2, 0) is 6.54 Å². The molecule has 0 amide bonds. The second-order valence-electron chi connectivity index (χ2n) is 5.20. The summed E-state index contributed by atoms with van der Waals surface area (Å²) in [6, 6.07) is 9.24. The maximum atomic E-state index is 3.56. The summed E-state index contributed by atoms with van der Waals surface area (Å²) in [5, 5.41) is 3.56. The third-order valence-electron chi connectivity index (χ3n) is 3.23. The van der Waals surface area contributed by atoms with E-state index in [-0.39, 0.29) is 0 Å². The highest BCUT2D eigenvalue weighted by molar-refractivity contribution is 5.45. The quantitative estimate of drug-likeness (QED) is 0.799. The zero-order valence-electron chi connectivity index (χ0n) is 12.4. The number of benzene rings is 1. The average Bonchev–Trinajstić information content (AvgIpc) is 2.36. The van der Waals surface area contributed by atoms with Crippen LogP contribution in [0, 0.1) is 0 Å². The van der Waals surface area contributed by atoms with E-state index in [2.05, 4.69) is 74.4 Å². The van der Waals surface area contributed by atoms with Gasteiger partial charge in [-0.05, 0) is 38.2 Å². The fraction of sp³-hybridized carbons (Fsp3) is 0.600.